The Balaban J connectivity index is 1.58. The van der Waals surface area contributed by atoms with Crippen LogP contribution in [0.1, 0.15) is 87.0 Å². The van der Waals surface area contributed by atoms with Crippen molar-refractivity contribution in [2.75, 3.05) is 0 Å². The van der Waals surface area contributed by atoms with E-state index in [1.165, 1.54) is 13.8 Å². The van der Waals surface area contributed by atoms with Crippen LogP contribution in [-0.4, -0.2) is 35.7 Å². The minimum atomic E-state index is -1.04. The van der Waals surface area contributed by atoms with Gasteiger partial charge in [-0.15, -0.1) is 0 Å². The molecular formula is C32H44O6. The Morgan fingerprint density at radius 3 is 2.34 bits per heavy atom. The molecule has 6 heteroatoms. The molecule has 6 nitrogen and oxygen atoms in total. The van der Waals surface area contributed by atoms with Crippen molar-refractivity contribution in [3.05, 3.63) is 24.3 Å². The van der Waals surface area contributed by atoms with Crippen molar-refractivity contribution in [3.8, 4) is 0 Å². The van der Waals surface area contributed by atoms with Crippen LogP contribution in [0.15, 0.2) is 24.3 Å². The van der Waals surface area contributed by atoms with Crippen LogP contribution in [0.4, 0.5) is 0 Å². The quantitative estimate of drug-likeness (QED) is 0.330. The van der Waals surface area contributed by atoms with E-state index in [2.05, 4.69) is 33.4 Å². The molecule has 4 fully saturated rings. The van der Waals surface area contributed by atoms with Crippen molar-refractivity contribution in [3.63, 3.8) is 0 Å². The molecule has 1 unspecified atom stereocenters. The first kappa shape index (κ1) is 27.3. The van der Waals surface area contributed by atoms with Crippen LogP contribution in [0, 0.1) is 51.2 Å². The molecule has 0 heterocycles. The van der Waals surface area contributed by atoms with Gasteiger partial charge in [0.05, 0.1) is 0 Å². The molecule has 0 aromatic heterocycles. The van der Waals surface area contributed by atoms with E-state index in [-0.39, 0.29) is 51.0 Å². The van der Waals surface area contributed by atoms with Gasteiger partial charge in [-0.25, -0.2) is 0 Å². The molecular weight excluding hydrogens is 480 g/mol. The second kappa shape index (κ2) is 8.63. The monoisotopic (exact) mass is 524 g/mol. The summed E-state index contributed by atoms with van der Waals surface area (Å²) < 4.78 is 11.8. The lowest BCUT2D eigenvalue weighted by Crippen LogP contribution is -2.57. The van der Waals surface area contributed by atoms with E-state index in [9.17, 15) is 19.2 Å². The van der Waals surface area contributed by atoms with Crippen molar-refractivity contribution in [2.24, 2.45) is 51.2 Å². The second-order valence-corrected chi connectivity index (χ2v) is 13.9. The summed E-state index contributed by atoms with van der Waals surface area (Å²) in [5, 5.41) is 0. The Morgan fingerprint density at radius 2 is 1.74 bits per heavy atom. The zero-order valence-electron chi connectivity index (χ0n) is 24.1. The summed E-state index contributed by atoms with van der Waals surface area (Å²) in [5.74, 6) is -0.642. The van der Waals surface area contributed by atoms with Crippen LogP contribution in [-0.2, 0) is 28.7 Å². The van der Waals surface area contributed by atoms with Gasteiger partial charge < -0.3 is 9.47 Å². The maximum Gasteiger partial charge on any atom is 0.303 e. The number of esters is 2. The first-order chi connectivity index (χ1) is 17.6. The number of Topliss-reactive ketones (excluding diaryl/α,β-unsaturated/α-hetero) is 1. The molecule has 5 rings (SSSR count). The molecule has 0 aromatic carbocycles. The number of carbonyl (C=O) groups is 4. The highest BCUT2D eigenvalue weighted by molar-refractivity contribution is 6.00. The Bertz CT molecular complexity index is 1130. The largest absolute Gasteiger partial charge is 0.462 e. The molecule has 0 bridgehead atoms. The van der Waals surface area contributed by atoms with Crippen LogP contribution in [0.3, 0.4) is 0 Å². The smallest absolute Gasteiger partial charge is 0.303 e. The van der Waals surface area contributed by atoms with Gasteiger partial charge in [0.1, 0.15) is 6.10 Å². The number of hydrogen-bond donors (Lipinski definition) is 0. The molecule has 0 N–H and O–H groups in total. The highest BCUT2D eigenvalue weighted by Crippen LogP contribution is 2.87. The summed E-state index contributed by atoms with van der Waals surface area (Å²) in [7, 11) is 0. The van der Waals surface area contributed by atoms with E-state index in [0.29, 0.717) is 23.8 Å². The molecule has 0 radical (unpaired) electrons. The van der Waals surface area contributed by atoms with Crippen LogP contribution in [0.25, 0.3) is 0 Å². The van der Waals surface area contributed by atoms with Crippen molar-refractivity contribution < 1.29 is 28.7 Å². The van der Waals surface area contributed by atoms with Crippen LogP contribution < -0.4 is 0 Å². The lowest BCUT2D eigenvalue weighted by molar-refractivity contribution is -0.173. The zero-order chi connectivity index (χ0) is 28.0. The lowest BCUT2D eigenvalue weighted by atomic mass is 9.43. The summed E-state index contributed by atoms with van der Waals surface area (Å²) in [5.41, 5.74) is 0.0239. The predicted molar refractivity (Wildman–Crippen MR) is 143 cm³/mol. The third-order valence-electron chi connectivity index (χ3n) is 12.2. The molecule has 5 aliphatic carbocycles. The highest BCUT2D eigenvalue weighted by atomic mass is 16.6. The predicted octanol–water partition coefficient (Wildman–Crippen LogP) is 5.64. The fraction of sp³-hybridized carbons (Fsp3) is 0.750. The van der Waals surface area contributed by atoms with Gasteiger partial charge in [-0.3, -0.25) is 19.2 Å². The molecule has 0 aliphatic heterocycles. The Kier molecular flexibility index (Phi) is 6.21. The number of ketones is 2. The molecule has 10 atom stereocenters. The molecule has 0 amide bonds. The van der Waals surface area contributed by atoms with Crippen LogP contribution in [0.5, 0.6) is 0 Å². The van der Waals surface area contributed by atoms with Gasteiger partial charge in [-0.2, -0.15) is 0 Å². The third kappa shape index (κ3) is 3.43. The maximum absolute atomic E-state index is 13.8. The molecule has 38 heavy (non-hydrogen) atoms. The molecule has 2 spiro atoms. The Labute approximate surface area is 227 Å². The number of ether oxygens (including phenoxy) is 2. The SMILES string of the molecule is C=C(C(=O)[C@H](OC(C)=O)C1[C@@H](OC(C)=O)C[C@@]2(C)[C@@H]3CC[C@H]4[C@H](C)C(=O)C=C[C@@]45C[C@@]35CC[C@]12C)C(C)C. The second-order valence-electron chi connectivity index (χ2n) is 13.9. The van der Waals surface area contributed by atoms with Crippen LogP contribution in [0.2, 0.25) is 0 Å². The van der Waals surface area contributed by atoms with Gasteiger partial charge in [0.25, 0.3) is 0 Å². The summed E-state index contributed by atoms with van der Waals surface area (Å²) in [6, 6.07) is 0. The van der Waals surface area contributed by atoms with Gasteiger partial charge in [-0.1, -0.05) is 47.3 Å². The fourth-order valence-corrected chi connectivity index (χ4v) is 10.2. The molecule has 5 aliphatic rings. The fourth-order valence-electron chi connectivity index (χ4n) is 10.2. The molecule has 0 aromatic rings. The van der Waals surface area contributed by atoms with E-state index >= 15 is 0 Å². The first-order valence-electron chi connectivity index (χ1n) is 14.5. The minimum Gasteiger partial charge on any atom is -0.462 e. The topological polar surface area (TPSA) is 86.7 Å². The lowest BCUT2D eigenvalue weighted by Gasteiger charge is -2.60. The summed E-state index contributed by atoms with van der Waals surface area (Å²) in [6.45, 7) is 17.3. The minimum absolute atomic E-state index is 0.0552. The van der Waals surface area contributed by atoms with Crippen LogP contribution >= 0.6 is 0 Å². The first-order valence-corrected chi connectivity index (χ1v) is 14.5. The van der Waals surface area contributed by atoms with Crippen molar-refractivity contribution in [2.45, 2.75) is 99.2 Å². The van der Waals surface area contributed by atoms with Crippen molar-refractivity contribution in [1.82, 2.24) is 0 Å². The Hall–Kier alpha value is -2.24. The number of hydrogen-bond acceptors (Lipinski definition) is 6. The van der Waals surface area contributed by atoms with E-state index in [1.807, 2.05) is 19.9 Å². The molecule has 208 valence electrons. The molecule has 0 saturated heterocycles. The van der Waals surface area contributed by atoms with Gasteiger partial charge >= 0.3 is 11.9 Å². The summed E-state index contributed by atoms with van der Waals surface area (Å²) >= 11 is 0. The Morgan fingerprint density at radius 1 is 1.05 bits per heavy atom. The third-order valence-corrected chi connectivity index (χ3v) is 12.2. The van der Waals surface area contributed by atoms with E-state index in [0.717, 1.165) is 32.1 Å². The van der Waals surface area contributed by atoms with Gasteiger partial charge in [-0.05, 0) is 89.6 Å². The number of carbonyl (C=O) groups excluding carboxylic acids is 4. The zero-order valence-corrected chi connectivity index (χ0v) is 24.1. The standard InChI is InChI=1S/C32H44O6/c1-17(2)18(3)27(36)28(38-21(6)34)26-24(37-20(5)33)15-30(8)25-10-9-22-19(4)23(35)11-12-31(22)16-32(25,31)14-13-29(26,30)7/h11-12,17,19,22,24-26,28H,3,9-10,13-16H2,1-2,4-8H3/t19-,22-,24-,25-,26?,28+,29+,30-,31+,32-/m0/s1. The number of rotatable bonds is 6. The highest BCUT2D eigenvalue weighted by Gasteiger charge is 2.82. The number of fused-ring (bicyclic) bond motifs is 2. The van der Waals surface area contributed by atoms with E-state index in [4.69, 9.17) is 9.47 Å². The number of allylic oxidation sites excluding steroid dienone is 2. The van der Waals surface area contributed by atoms with Gasteiger partial charge in [0.15, 0.2) is 17.7 Å². The van der Waals surface area contributed by atoms with Gasteiger partial charge in [0.2, 0.25) is 0 Å². The average molecular weight is 525 g/mol. The molecule has 4 saturated carbocycles. The van der Waals surface area contributed by atoms with Crippen molar-refractivity contribution >= 4 is 23.5 Å². The van der Waals surface area contributed by atoms with Crippen molar-refractivity contribution in [1.29, 1.82) is 0 Å². The summed E-state index contributed by atoms with van der Waals surface area (Å²) in [4.78, 5) is 51.1. The normalized spacial score (nSPS) is 45.3. The van der Waals surface area contributed by atoms with E-state index < -0.39 is 24.1 Å². The maximum atomic E-state index is 13.8. The van der Waals surface area contributed by atoms with Gasteiger partial charge in [0, 0.05) is 25.7 Å². The van der Waals surface area contributed by atoms with E-state index in [1.54, 1.807) is 0 Å². The summed E-state index contributed by atoms with van der Waals surface area (Å²) in [6.07, 6.45) is 8.14. The average Bonchev–Trinajstić information content (AvgIpc) is 3.44.